The first-order valence-electron chi connectivity index (χ1n) is 9.25. The van der Waals surface area contributed by atoms with Crippen LogP contribution in [0.4, 0.5) is 5.69 Å². The summed E-state index contributed by atoms with van der Waals surface area (Å²) in [5.74, 6) is 0.661. The molecule has 0 unspecified atom stereocenters. The van der Waals surface area contributed by atoms with Gasteiger partial charge < -0.3 is 14.9 Å². The van der Waals surface area contributed by atoms with Crippen LogP contribution in [0.15, 0.2) is 29.0 Å². The van der Waals surface area contributed by atoms with E-state index in [0.29, 0.717) is 29.3 Å². The molecular formula is C20H26N2O3. The Bertz CT molecular complexity index is 686. The highest BCUT2D eigenvalue weighted by Gasteiger charge is 2.20. The second kappa shape index (κ2) is 8.70. The Kier molecular flexibility index (Phi) is 6.09. The van der Waals surface area contributed by atoms with E-state index >= 15 is 0 Å². The molecule has 1 fully saturated rings. The van der Waals surface area contributed by atoms with E-state index in [2.05, 4.69) is 10.5 Å². The fraction of sp³-hybridized carbons (Fsp3) is 0.500. The second-order valence-electron chi connectivity index (χ2n) is 6.92. The minimum absolute atomic E-state index is 0.0271. The van der Waals surface area contributed by atoms with Gasteiger partial charge in [-0.05, 0) is 24.5 Å². The van der Waals surface area contributed by atoms with Crippen LogP contribution in [-0.2, 0) is 11.2 Å². The first-order valence-corrected chi connectivity index (χ1v) is 9.25. The number of phenols is 1. The molecule has 1 aromatic carbocycles. The van der Waals surface area contributed by atoms with Crippen LogP contribution < -0.4 is 5.32 Å². The number of benzene rings is 1. The Morgan fingerprint density at radius 1 is 1.16 bits per heavy atom. The van der Waals surface area contributed by atoms with Crippen molar-refractivity contribution in [1.29, 1.82) is 0 Å². The van der Waals surface area contributed by atoms with E-state index in [0.717, 1.165) is 12.0 Å². The quantitative estimate of drug-likeness (QED) is 0.598. The molecule has 0 spiro atoms. The van der Waals surface area contributed by atoms with Crippen molar-refractivity contribution in [2.45, 2.75) is 57.8 Å². The number of hydrogen-bond donors (Lipinski definition) is 2. The van der Waals surface area contributed by atoms with Crippen molar-refractivity contribution in [2.24, 2.45) is 5.92 Å². The summed E-state index contributed by atoms with van der Waals surface area (Å²) in [7, 11) is 0. The van der Waals surface area contributed by atoms with Gasteiger partial charge in [-0.25, -0.2) is 0 Å². The molecule has 25 heavy (non-hydrogen) atoms. The predicted molar refractivity (Wildman–Crippen MR) is 97.4 cm³/mol. The number of hydrogen-bond acceptors (Lipinski definition) is 4. The van der Waals surface area contributed by atoms with E-state index in [1.807, 2.05) is 0 Å². The van der Waals surface area contributed by atoms with Gasteiger partial charge in [-0.2, -0.15) is 0 Å². The van der Waals surface area contributed by atoms with Gasteiger partial charge in [-0.1, -0.05) is 62.6 Å². The predicted octanol–water partition coefficient (Wildman–Crippen LogP) is 4.91. The largest absolute Gasteiger partial charge is 0.505 e. The number of carbonyl (C=O) groups is 1. The Morgan fingerprint density at radius 3 is 2.60 bits per heavy atom. The van der Waals surface area contributed by atoms with Crippen molar-refractivity contribution in [3.05, 3.63) is 30.0 Å². The Balaban J connectivity index is 1.80. The summed E-state index contributed by atoms with van der Waals surface area (Å²) in [6.45, 7) is 0. The fourth-order valence-electron chi connectivity index (χ4n) is 3.77. The molecule has 0 saturated heterocycles. The van der Waals surface area contributed by atoms with Crippen LogP contribution in [0.3, 0.4) is 0 Å². The van der Waals surface area contributed by atoms with Crippen LogP contribution in [0.5, 0.6) is 5.75 Å². The number of amides is 1. The van der Waals surface area contributed by atoms with Crippen molar-refractivity contribution in [2.75, 3.05) is 5.32 Å². The van der Waals surface area contributed by atoms with Crippen molar-refractivity contribution < 1.29 is 14.4 Å². The monoisotopic (exact) mass is 342 g/mol. The summed E-state index contributed by atoms with van der Waals surface area (Å²) in [5, 5.41) is 17.1. The number of nitrogens with zero attached hydrogens (tertiary/aromatic N) is 1. The van der Waals surface area contributed by atoms with E-state index < -0.39 is 0 Å². The highest BCUT2D eigenvalue weighted by Crippen LogP contribution is 2.37. The zero-order valence-electron chi connectivity index (χ0n) is 14.5. The molecule has 0 bridgehead atoms. The summed E-state index contributed by atoms with van der Waals surface area (Å²) in [5.41, 5.74) is 2.68. The average Bonchev–Trinajstić information content (AvgIpc) is 3.10. The number of aromatic hydroxyl groups is 1. The maximum Gasteiger partial charge on any atom is 0.211 e. The minimum Gasteiger partial charge on any atom is -0.505 e. The van der Waals surface area contributed by atoms with Crippen molar-refractivity contribution in [3.8, 4) is 17.0 Å². The molecule has 0 radical (unpaired) electrons. The van der Waals surface area contributed by atoms with Crippen LogP contribution in [-0.4, -0.2) is 16.7 Å². The molecule has 1 heterocycles. The van der Waals surface area contributed by atoms with E-state index in [-0.39, 0.29) is 5.75 Å². The van der Waals surface area contributed by atoms with Crippen molar-refractivity contribution >= 4 is 12.1 Å². The molecule has 1 saturated carbocycles. The summed E-state index contributed by atoms with van der Waals surface area (Å²) in [6, 6.07) is 5.25. The standard InChI is InChI=1S/C20H26N2O3/c23-14-21-18-11-7-10-17(20(18)24)19-16(13-25-22-19)12-15-8-5-3-1-2-4-6-9-15/h7,10-11,13-15,24H,1-6,8-9,12H2,(H,21,23). The average molecular weight is 342 g/mol. The SMILES string of the molecule is O=CNc1cccc(-c2nocc2CC2CCCCCCCC2)c1O. The zero-order chi connectivity index (χ0) is 17.5. The molecule has 5 nitrogen and oxygen atoms in total. The fourth-order valence-corrected chi connectivity index (χ4v) is 3.77. The highest BCUT2D eigenvalue weighted by molar-refractivity contribution is 5.83. The number of phenolic OH excluding ortho intramolecular Hbond substituents is 1. The topological polar surface area (TPSA) is 75.4 Å². The van der Waals surface area contributed by atoms with Crippen molar-refractivity contribution in [1.82, 2.24) is 5.16 Å². The number of aromatic nitrogens is 1. The third-order valence-corrected chi connectivity index (χ3v) is 5.13. The van der Waals surface area contributed by atoms with Crippen LogP contribution in [0.1, 0.15) is 56.9 Å². The first-order chi connectivity index (χ1) is 12.3. The molecule has 1 aliphatic carbocycles. The molecule has 1 aliphatic rings. The van der Waals surface area contributed by atoms with E-state index in [4.69, 9.17) is 4.52 Å². The van der Waals surface area contributed by atoms with Gasteiger partial charge in [0.2, 0.25) is 6.41 Å². The second-order valence-corrected chi connectivity index (χ2v) is 6.92. The third-order valence-electron chi connectivity index (χ3n) is 5.13. The molecule has 2 aromatic rings. The normalized spacial score (nSPS) is 16.6. The maximum atomic E-state index is 10.7. The molecule has 0 atom stereocenters. The molecule has 3 rings (SSSR count). The summed E-state index contributed by atoms with van der Waals surface area (Å²) in [6.07, 6.45) is 13.6. The van der Waals surface area contributed by atoms with E-state index in [9.17, 15) is 9.90 Å². The Hall–Kier alpha value is -2.30. The van der Waals surface area contributed by atoms with Crippen LogP contribution in [0.2, 0.25) is 0 Å². The van der Waals surface area contributed by atoms with Gasteiger partial charge >= 0.3 is 0 Å². The Morgan fingerprint density at radius 2 is 1.88 bits per heavy atom. The lowest BCUT2D eigenvalue weighted by Gasteiger charge is -2.15. The van der Waals surface area contributed by atoms with Gasteiger partial charge in [0.25, 0.3) is 0 Å². The maximum absolute atomic E-state index is 10.7. The highest BCUT2D eigenvalue weighted by atomic mass is 16.5. The third kappa shape index (κ3) is 4.41. The number of anilines is 1. The van der Waals surface area contributed by atoms with Gasteiger partial charge in [0, 0.05) is 11.1 Å². The van der Waals surface area contributed by atoms with E-state index in [1.54, 1.807) is 24.5 Å². The smallest absolute Gasteiger partial charge is 0.211 e. The molecule has 5 heteroatoms. The lowest BCUT2D eigenvalue weighted by atomic mass is 9.89. The summed E-state index contributed by atoms with van der Waals surface area (Å²) < 4.78 is 5.23. The zero-order valence-corrected chi connectivity index (χ0v) is 14.5. The summed E-state index contributed by atoms with van der Waals surface area (Å²) >= 11 is 0. The summed E-state index contributed by atoms with van der Waals surface area (Å²) in [4.78, 5) is 10.7. The molecule has 134 valence electrons. The van der Waals surface area contributed by atoms with Crippen LogP contribution >= 0.6 is 0 Å². The Labute approximate surface area is 148 Å². The minimum atomic E-state index is 0.0271. The lowest BCUT2D eigenvalue weighted by molar-refractivity contribution is -0.105. The van der Waals surface area contributed by atoms with Gasteiger partial charge in [-0.3, -0.25) is 4.79 Å². The van der Waals surface area contributed by atoms with E-state index in [1.165, 1.54) is 51.4 Å². The number of nitrogens with one attached hydrogen (secondary N) is 1. The molecule has 1 amide bonds. The van der Waals surface area contributed by atoms with Crippen LogP contribution in [0.25, 0.3) is 11.3 Å². The number of para-hydroxylation sites is 1. The molecule has 2 N–H and O–H groups in total. The molecular weight excluding hydrogens is 316 g/mol. The van der Waals surface area contributed by atoms with Crippen molar-refractivity contribution in [3.63, 3.8) is 0 Å². The number of rotatable bonds is 5. The molecule has 0 aliphatic heterocycles. The van der Waals surface area contributed by atoms with Gasteiger partial charge in [0.05, 0.1) is 5.69 Å². The first kappa shape index (κ1) is 17.5. The molecule has 1 aromatic heterocycles. The van der Waals surface area contributed by atoms with Gasteiger partial charge in [0.1, 0.15) is 17.7 Å². The van der Waals surface area contributed by atoms with Gasteiger partial charge in [-0.15, -0.1) is 0 Å². The van der Waals surface area contributed by atoms with Gasteiger partial charge in [0.15, 0.2) is 0 Å². The lowest BCUT2D eigenvalue weighted by Crippen LogP contribution is -2.05. The van der Waals surface area contributed by atoms with Crippen LogP contribution in [0, 0.1) is 5.92 Å². The number of carbonyl (C=O) groups excluding carboxylic acids is 1.